The van der Waals surface area contributed by atoms with E-state index in [2.05, 4.69) is 4.98 Å². The second-order valence-electron chi connectivity index (χ2n) is 5.58. The molecule has 0 aliphatic rings. The summed E-state index contributed by atoms with van der Waals surface area (Å²) in [6.07, 6.45) is 1.66. The first-order valence-electron chi connectivity index (χ1n) is 7.86. The van der Waals surface area contributed by atoms with Crippen molar-refractivity contribution >= 4 is 33.0 Å². The van der Waals surface area contributed by atoms with Crippen molar-refractivity contribution < 1.29 is 14.3 Å². The van der Waals surface area contributed by atoms with Crippen LogP contribution in [0.1, 0.15) is 16.1 Å². The molecular formula is C19H14N2O4S. The van der Waals surface area contributed by atoms with E-state index in [1.807, 2.05) is 24.3 Å². The molecule has 0 N–H and O–H groups in total. The maximum Gasteiger partial charge on any atom is 0.339 e. The summed E-state index contributed by atoms with van der Waals surface area (Å²) in [4.78, 5) is 29.5. The van der Waals surface area contributed by atoms with Gasteiger partial charge in [-0.3, -0.25) is 9.20 Å². The Labute approximate surface area is 152 Å². The minimum Gasteiger partial charge on any atom is -0.496 e. The van der Waals surface area contributed by atoms with E-state index in [0.717, 1.165) is 10.8 Å². The molecule has 0 aliphatic carbocycles. The van der Waals surface area contributed by atoms with Gasteiger partial charge in [0.1, 0.15) is 12.4 Å². The van der Waals surface area contributed by atoms with Gasteiger partial charge in [-0.2, -0.15) is 0 Å². The van der Waals surface area contributed by atoms with Gasteiger partial charge in [0.2, 0.25) is 0 Å². The van der Waals surface area contributed by atoms with Crippen LogP contribution in [-0.4, -0.2) is 22.5 Å². The third-order valence-corrected chi connectivity index (χ3v) is 4.79. The first kappa shape index (κ1) is 16.3. The number of esters is 1. The fourth-order valence-electron chi connectivity index (χ4n) is 2.81. The number of fused-ring (bicyclic) bond motifs is 2. The highest BCUT2D eigenvalue weighted by atomic mass is 32.1. The third kappa shape index (κ3) is 2.82. The molecule has 2 heterocycles. The highest BCUT2D eigenvalue weighted by molar-refractivity contribution is 7.15. The molecule has 0 atom stereocenters. The number of nitrogens with zero attached hydrogens (tertiary/aromatic N) is 2. The van der Waals surface area contributed by atoms with Crippen molar-refractivity contribution in [1.29, 1.82) is 0 Å². The van der Waals surface area contributed by atoms with E-state index in [4.69, 9.17) is 9.47 Å². The van der Waals surface area contributed by atoms with Gasteiger partial charge in [0.25, 0.3) is 5.56 Å². The number of methoxy groups -OCH3 is 1. The van der Waals surface area contributed by atoms with Crippen LogP contribution in [-0.2, 0) is 11.3 Å². The van der Waals surface area contributed by atoms with E-state index in [9.17, 15) is 9.59 Å². The van der Waals surface area contributed by atoms with Crippen LogP contribution in [0, 0.1) is 0 Å². The van der Waals surface area contributed by atoms with E-state index >= 15 is 0 Å². The van der Waals surface area contributed by atoms with Crippen LogP contribution in [0.3, 0.4) is 0 Å². The molecule has 2 aromatic carbocycles. The lowest BCUT2D eigenvalue weighted by atomic mass is 10.0. The fraction of sp³-hybridized carbons (Fsp3) is 0.105. The van der Waals surface area contributed by atoms with Gasteiger partial charge in [0, 0.05) is 23.0 Å². The summed E-state index contributed by atoms with van der Waals surface area (Å²) in [5.74, 6) is 0.215. The van der Waals surface area contributed by atoms with Gasteiger partial charge in [0.05, 0.1) is 18.4 Å². The van der Waals surface area contributed by atoms with E-state index in [0.29, 0.717) is 22.0 Å². The van der Waals surface area contributed by atoms with Crippen LogP contribution in [0.15, 0.2) is 58.8 Å². The molecule has 0 saturated carbocycles. The Morgan fingerprint density at radius 1 is 1.19 bits per heavy atom. The van der Waals surface area contributed by atoms with E-state index in [-0.39, 0.29) is 12.2 Å². The molecule has 0 aliphatic heterocycles. The summed E-state index contributed by atoms with van der Waals surface area (Å²) >= 11 is 1.35. The minimum atomic E-state index is -0.475. The standard InChI is InChI=1S/C19H14N2O4S/c1-24-16-7-6-15(13-4-2-3-5-14(13)16)18(23)25-11-12-10-17(22)21-8-9-26-19(21)20-12/h2-10H,11H2,1H3. The lowest BCUT2D eigenvalue weighted by molar-refractivity contribution is 0.0470. The Morgan fingerprint density at radius 3 is 2.81 bits per heavy atom. The Bertz CT molecular complexity index is 1180. The largest absolute Gasteiger partial charge is 0.496 e. The number of benzene rings is 2. The third-order valence-electron chi connectivity index (χ3n) is 4.03. The lowest BCUT2D eigenvalue weighted by Crippen LogP contribution is -2.14. The van der Waals surface area contributed by atoms with Gasteiger partial charge >= 0.3 is 5.97 Å². The molecule has 130 valence electrons. The van der Waals surface area contributed by atoms with Crippen LogP contribution in [0.5, 0.6) is 5.75 Å². The van der Waals surface area contributed by atoms with Crippen molar-refractivity contribution in [1.82, 2.24) is 9.38 Å². The molecule has 0 saturated heterocycles. The minimum absolute atomic E-state index is 0.0666. The fourth-order valence-corrected chi connectivity index (χ4v) is 3.55. The predicted octanol–water partition coefficient (Wildman–Crippen LogP) is 3.27. The van der Waals surface area contributed by atoms with E-state index < -0.39 is 5.97 Å². The van der Waals surface area contributed by atoms with Crippen LogP contribution in [0.4, 0.5) is 0 Å². The Hall–Kier alpha value is -3.19. The number of thiazole rings is 1. The van der Waals surface area contributed by atoms with Crippen molar-refractivity contribution in [3.8, 4) is 5.75 Å². The highest BCUT2D eigenvalue weighted by Crippen LogP contribution is 2.28. The molecule has 0 unspecified atom stereocenters. The summed E-state index contributed by atoms with van der Waals surface area (Å²) in [6, 6.07) is 12.3. The zero-order valence-corrected chi connectivity index (χ0v) is 14.7. The summed E-state index contributed by atoms with van der Waals surface area (Å²) in [5.41, 5.74) is 0.663. The van der Waals surface area contributed by atoms with E-state index in [1.54, 1.807) is 30.8 Å². The van der Waals surface area contributed by atoms with Gasteiger partial charge in [-0.15, -0.1) is 11.3 Å². The predicted molar refractivity (Wildman–Crippen MR) is 99.0 cm³/mol. The Morgan fingerprint density at radius 2 is 2.00 bits per heavy atom. The SMILES string of the molecule is COc1ccc(C(=O)OCc2cc(=O)n3ccsc3n2)c2ccccc12. The van der Waals surface area contributed by atoms with Gasteiger partial charge in [-0.05, 0) is 17.5 Å². The van der Waals surface area contributed by atoms with E-state index in [1.165, 1.54) is 21.8 Å². The maximum atomic E-state index is 12.6. The van der Waals surface area contributed by atoms with Crippen molar-refractivity contribution in [3.63, 3.8) is 0 Å². The number of hydrogen-bond donors (Lipinski definition) is 0. The Balaban J connectivity index is 1.62. The number of rotatable bonds is 4. The number of ether oxygens (including phenoxy) is 2. The second kappa shape index (κ2) is 6.61. The molecule has 0 fully saturated rings. The summed E-state index contributed by atoms with van der Waals surface area (Å²) in [7, 11) is 1.59. The van der Waals surface area contributed by atoms with Gasteiger partial charge in [-0.1, -0.05) is 24.3 Å². The van der Waals surface area contributed by atoms with Crippen molar-refractivity contribution in [2.45, 2.75) is 6.61 Å². The maximum absolute atomic E-state index is 12.6. The van der Waals surface area contributed by atoms with Crippen molar-refractivity contribution in [2.24, 2.45) is 0 Å². The average Bonchev–Trinajstić information content (AvgIpc) is 3.14. The molecule has 6 nitrogen and oxygen atoms in total. The van der Waals surface area contributed by atoms with Crippen LogP contribution >= 0.6 is 11.3 Å². The van der Waals surface area contributed by atoms with Gasteiger partial charge in [-0.25, -0.2) is 9.78 Å². The molecule has 0 radical (unpaired) electrons. The molecule has 2 aromatic heterocycles. The second-order valence-corrected chi connectivity index (χ2v) is 6.45. The highest BCUT2D eigenvalue weighted by Gasteiger charge is 2.15. The topological polar surface area (TPSA) is 69.9 Å². The quantitative estimate of drug-likeness (QED) is 0.519. The van der Waals surface area contributed by atoms with Crippen LogP contribution < -0.4 is 10.3 Å². The molecule has 4 rings (SSSR count). The van der Waals surface area contributed by atoms with Crippen molar-refractivity contribution in [2.75, 3.05) is 7.11 Å². The number of hydrogen-bond acceptors (Lipinski definition) is 6. The number of carbonyl (C=O) groups is 1. The monoisotopic (exact) mass is 366 g/mol. The summed E-state index contributed by atoms with van der Waals surface area (Å²) in [5, 5.41) is 3.36. The van der Waals surface area contributed by atoms with Gasteiger partial charge in [0.15, 0.2) is 4.96 Å². The lowest BCUT2D eigenvalue weighted by Gasteiger charge is -2.10. The zero-order valence-electron chi connectivity index (χ0n) is 13.8. The molecule has 7 heteroatoms. The first-order valence-corrected chi connectivity index (χ1v) is 8.74. The van der Waals surface area contributed by atoms with Crippen LogP contribution in [0.25, 0.3) is 15.7 Å². The molecule has 4 aromatic rings. The normalized spacial score (nSPS) is 11.0. The summed E-state index contributed by atoms with van der Waals surface area (Å²) in [6.45, 7) is -0.0666. The number of aromatic nitrogens is 2. The smallest absolute Gasteiger partial charge is 0.339 e. The molecular weight excluding hydrogens is 352 g/mol. The summed E-state index contributed by atoms with van der Waals surface area (Å²) < 4.78 is 12.2. The van der Waals surface area contributed by atoms with Crippen LogP contribution in [0.2, 0.25) is 0 Å². The molecule has 0 amide bonds. The molecule has 26 heavy (non-hydrogen) atoms. The zero-order chi connectivity index (χ0) is 18.1. The number of carbonyl (C=O) groups excluding carboxylic acids is 1. The van der Waals surface area contributed by atoms with Crippen molar-refractivity contribution in [3.05, 3.63) is 75.7 Å². The average molecular weight is 366 g/mol. The Kier molecular flexibility index (Phi) is 4.14. The van der Waals surface area contributed by atoms with Gasteiger partial charge < -0.3 is 9.47 Å². The molecule has 0 spiro atoms. The first-order chi connectivity index (χ1) is 12.7. The molecule has 0 bridgehead atoms.